The summed E-state index contributed by atoms with van der Waals surface area (Å²) in [6.45, 7) is 0.610. The Labute approximate surface area is 127 Å². The Hall–Kier alpha value is -1.95. The van der Waals surface area contributed by atoms with Gasteiger partial charge >= 0.3 is 0 Å². The number of hydrogen-bond acceptors (Lipinski definition) is 4. The van der Waals surface area contributed by atoms with E-state index in [1.165, 1.54) is 0 Å². The number of aliphatic hydroxyl groups excluding tert-OH is 1. The number of aliphatic hydroxyl groups is 1. The number of imidazole rings is 1. The monoisotopic (exact) mass is 302 g/mol. The van der Waals surface area contributed by atoms with E-state index in [-0.39, 0.29) is 12.6 Å². The molecule has 0 saturated heterocycles. The van der Waals surface area contributed by atoms with E-state index < -0.39 is 0 Å². The first-order chi connectivity index (χ1) is 10.3. The number of hydrogen-bond donors (Lipinski definition) is 2. The highest BCUT2D eigenvalue weighted by atomic mass is 35.5. The number of halogens is 1. The van der Waals surface area contributed by atoms with Crippen LogP contribution < -0.4 is 5.32 Å². The van der Waals surface area contributed by atoms with E-state index in [2.05, 4.69) is 15.3 Å². The molecule has 2 N–H and O–H groups in total. The van der Waals surface area contributed by atoms with Crippen LogP contribution in [-0.2, 0) is 6.54 Å². The van der Waals surface area contributed by atoms with Crippen molar-refractivity contribution in [2.45, 2.75) is 12.6 Å². The summed E-state index contributed by atoms with van der Waals surface area (Å²) in [5.41, 5.74) is 2.82. The summed E-state index contributed by atoms with van der Waals surface area (Å²) >= 11 is 5.88. The van der Waals surface area contributed by atoms with Crippen molar-refractivity contribution in [1.29, 1.82) is 0 Å². The second-order valence-electron chi connectivity index (χ2n) is 4.72. The van der Waals surface area contributed by atoms with Gasteiger partial charge in [-0.25, -0.2) is 4.98 Å². The summed E-state index contributed by atoms with van der Waals surface area (Å²) in [4.78, 5) is 8.32. The highest BCUT2D eigenvalue weighted by molar-refractivity contribution is 6.30. The van der Waals surface area contributed by atoms with Gasteiger partial charge in [0.25, 0.3) is 0 Å². The summed E-state index contributed by atoms with van der Waals surface area (Å²) in [7, 11) is 0. The molecule has 1 aromatic carbocycles. The Morgan fingerprint density at radius 3 is 2.81 bits per heavy atom. The van der Waals surface area contributed by atoms with Gasteiger partial charge in [-0.3, -0.25) is 9.38 Å². The second-order valence-corrected chi connectivity index (χ2v) is 5.16. The van der Waals surface area contributed by atoms with Crippen LogP contribution in [0, 0.1) is 0 Å². The van der Waals surface area contributed by atoms with Crippen molar-refractivity contribution in [3.63, 3.8) is 0 Å². The van der Waals surface area contributed by atoms with Crippen molar-refractivity contribution in [1.82, 2.24) is 19.7 Å². The van der Waals surface area contributed by atoms with Crippen LogP contribution in [0.1, 0.15) is 17.3 Å². The molecule has 6 heteroatoms. The summed E-state index contributed by atoms with van der Waals surface area (Å²) in [6.07, 6.45) is 7.11. The van der Waals surface area contributed by atoms with E-state index in [0.717, 1.165) is 16.9 Å². The van der Waals surface area contributed by atoms with Crippen LogP contribution in [0.25, 0.3) is 5.65 Å². The lowest BCUT2D eigenvalue weighted by molar-refractivity contribution is 0.243. The Kier molecular flexibility index (Phi) is 4.15. The molecule has 3 rings (SSSR count). The molecule has 0 fully saturated rings. The van der Waals surface area contributed by atoms with Gasteiger partial charge in [-0.1, -0.05) is 23.7 Å². The Morgan fingerprint density at radius 2 is 2.05 bits per heavy atom. The first-order valence-corrected chi connectivity index (χ1v) is 7.01. The summed E-state index contributed by atoms with van der Waals surface area (Å²) in [6, 6.07) is 7.32. The molecule has 0 bridgehead atoms. The van der Waals surface area contributed by atoms with Crippen molar-refractivity contribution < 1.29 is 5.11 Å². The van der Waals surface area contributed by atoms with Gasteiger partial charge in [0, 0.05) is 24.0 Å². The molecule has 0 saturated carbocycles. The predicted octanol–water partition coefficient (Wildman–Crippen LogP) is 2.21. The maximum absolute atomic E-state index is 9.56. The minimum absolute atomic E-state index is 0.0138. The molecule has 2 aromatic heterocycles. The Bertz CT molecular complexity index is 726. The Balaban J connectivity index is 1.74. The molecule has 0 aliphatic heterocycles. The third-order valence-electron chi connectivity index (χ3n) is 3.38. The van der Waals surface area contributed by atoms with Crippen molar-refractivity contribution >= 4 is 17.2 Å². The van der Waals surface area contributed by atoms with E-state index in [9.17, 15) is 5.11 Å². The van der Waals surface area contributed by atoms with Gasteiger partial charge in [0.1, 0.15) is 0 Å². The molecule has 2 heterocycles. The van der Waals surface area contributed by atoms with Crippen molar-refractivity contribution in [3.05, 3.63) is 65.3 Å². The molecular formula is C15H15ClN4O. The molecule has 0 amide bonds. The zero-order chi connectivity index (χ0) is 14.7. The molecule has 1 unspecified atom stereocenters. The highest BCUT2D eigenvalue weighted by Crippen LogP contribution is 2.17. The van der Waals surface area contributed by atoms with E-state index in [4.69, 9.17) is 11.6 Å². The number of rotatable bonds is 5. The molecule has 0 radical (unpaired) electrons. The third kappa shape index (κ3) is 3.05. The number of benzene rings is 1. The van der Waals surface area contributed by atoms with Crippen LogP contribution in [0.3, 0.4) is 0 Å². The van der Waals surface area contributed by atoms with E-state index in [0.29, 0.717) is 11.6 Å². The molecule has 3 aromatic rings. The number of nitrogens with one attached hydrogen (secondary N) is 1. The molecule has 0 aliphatic rings. The summed E-state index contributed by atoms with van der Waals surface area (Å²) in [5, 5.41) is 13.6. The fourth-order valence-corrected chi connectivity index (χ4v) is 2.36. The fraction of sp³-hybridized carbons (Fsp3) is 0.200. The minimum atomic E-state index is -0.144. The molecule has 1 atom stereocenters. The smallest absolute Gasteiger partial charge is 0.155 e. The van der Waals surface area contributed by atoms with Gasteiger partial charge in [-0.2, -0.15) is 0 Å². The molecule has 0 aliphatic carbocycles. The quantitative estimate of drug-likeness (QED) is 0.758. The summed E-state index contributed by atoms with van der Waals surface area (Å²) in [5.74, 6) is 0. The normalized spacial score (nSPS) is 12.7. The average molecular weight is 303 g/mol. The molecule has 108 valence electrons. The lowest BCUT2D eigenvalue weighted by Gasteiger charge is -2.16. The largest absolute Gasteiger partial charge is 0.394 e. The fourth-order valence-electron chi connectivity index (χ4n) is 2.24. The number of aromatic nitrogens is 3. The molecule has 0 spiro atoms. The zero-order valence-electron chi connectivity index (χ0n) is 11.3. The zero-order valence-corrected chi connectivity index (χ0v) is 12.0. The third-order valence-corrected chi connectivity index (χ3v) is 3.63. The van der Waals surface area contributed by atoms with Crippen LogP contribution in [0.5, 0.6) is 0 Å². The van der Waals surface area contributed by atoms with Gasteiger partial charge in [0.15, 0.2) is 5.65 Å². The Morgan fingerprint density at radius 1 is 1.24 bits per heavy atom. The second kappa shape index (κ2) is 6.22. The SMILES string of the molecule is OCC(NCc1cnc2cnccn12)c1ccc(Cl)cc1. The van der Waals surface area contributed by atoms with Crippen LogP contribution in [-0.4, -0.2) is 26.1 Å². The van der Waals surface area contributed by atoms with Gasteiger partial charge in [-0.05, 0) is 17.7 Å². The predicted molar refractivity (Wildman–Crippen MR) is 81.1 cm³/mol. The first kappa shape index (κ1) is 14.0. The van der Waals surface area contributed by atoms with E-state index >= 15 is 0 Å². The molecule has 21 heavy (non-hydrogen) atoms. The van der Waals surface area contributed by atoms with E-state index in [1.807, 2.05) is 34.9 Å². The van der Waals surface area contributed by atoms with Gasteiger partial charge in [-0.15, -0.1) is 0 Å². The number of nitrogens with zero attached hydrogens (tertiary/aromatic N) is 3. The van der Waals surface area contributed by atoms with E-state index in [1.54, 1.807) is 18.6 Å². The molecule has 5 nitrogen and oxygen atoms in total. The van der Waals surface area contributed by atoms with Gasteiger partial charge in [0.05, 0.1) is 30.7 Å². The van der Waals surface area contributed by atoms with Gasteiger partial charge in [0.2, 0.25) is 0 Å². The lowest BCUT2D eigenvalue weighted by atomic mass is 10.1. The van der Waals surface area contributed by atoms with Crippen LogP contribution >= 0.6 is 11.6 Å². The van der Waals surface area contributed by atoms with Crippen LogP contribution in [0.2, 0.25) is 5.02 Å². The van der Waals surface area contributed by atoms with Crippen molar-refractivity contribution in [3.8, 4) is 0 Å². The maximum Gasteiger partial charge on any atom is 0.155 e. The average Bonchev–Trinajstić information content (AvgIpc) is 2.93. The highest BCUT2D eigenvalue weighted by Gasteiger charge is 2.11. The van der Waals surface area contributed by atoms with Crippen LogP contribution in [0.4, 0.5) is 0 Å². The maximum atomic E-state index is 9.56. The van der Waals surface area contributed by atoms with Crippen LogP contribution in [0.15, 0.2) is 49.1 Å². The van der Waals surface area contributed by atoms with Crippen molar-refractivity contribution in [2.24, 2.45) is 0 Å². The number of fused-ring (bicyclic) bond motifs is 1. The van der Waals surface area contributed by atoms with Gasteiger partial charge < -0.3 is 10.4 Å². The first-order valence-electron chi connectivity index (χ1n) is 6.63. The lowest BCUT2D eigenvalue weighted by Crippen LogP contribution is -2.24. The topological polar surface area (TPSA) is 62.5 Å². The molecular weight excluding hydrogens is 288 g/mol. The summed E-state index contributed by atoms with van der Waals surface area (Å²) < 4.78 is 1.97. The standard InChI is InChI=1S/C15H15ClN4O/c16-12-3-1-11(2-4-12)14(10-21)18-7-13-8-19-15-9-17-5-6-20(13)15/h1-6,8-9,14,18,21H,7,10H2. The van der Waals surface area contributed by atoms with Crippen molar-refractivity contribution in [2.75, 3.05) is 6.61 Å². The minimum Gasteiger partial charge on any atom is -0.394 e.